The first kappa shape index (κ1) is 18.5. The van der Waals surface area contributed by atoms with Crippen LogP contribution in [0.4, 0.5) is 22.7 Å². The van der Waals surface area contributed by atoms with E-state index in [-0.39, 0.29) is 0 Å². The lowest BCUT2D eigenvalue weighted by molar-refractivity contribution is 1.09. The number of anilines is 4. The van der Waals surface area contributed by atoms with Crippen LogP contribution in [0.5, 0.6) is 0 Å². The SMILES string of the molecule is CN(c1ccccc1)c1ccccc1C=NN(c1ccccc1)c1ccccc1. The number of hydrogen-bond donors (Lipinski definition) is 0. The number of hydrazone groups is 1. The first-order valence-electron chi connectivity index (χ1n) is 9.65. The molecule has 4 aromatic carbocycles. The Kier molecular flexibility index (Phi) is 5.68. The highest BCUT2D eigenvalue weighted by Gasteiger charge is 2.10. The molecular weight excluding hydrogens is 354 g/mol. The average molecular weight is 377 g/mol. The maximum atomic E-state index is 4.85. The Morgan fingerprint density at radius 3 is 1.55 bits per heavy atom. The fraction of sp³-hybridized carbons (Fsp3) is 0.0385. The van der Waals surface area contributed by atoms with Crippen molar-refractivity contribution in [1.82, 2.24) is 0 Å². The average Bonchev–Trinajstić information content (AvgIpc) is 2.81. The minimum Gasteiger partial charge on any atom is -0.344 e. The van der Waals surface area contributed by atoms with Crippen LogP contribution in [0.15, 0.2) is 120 Å². The molecule has 0 amide bonds. The van der Waals surface area contributed by atoms with E-state index in [0.717, 1.165) is 28.3 Å². The Balaban J connectivity index is 1.70. The van der Waals surface area contributed by atoms with Crippen molar-refractivity contribution in [3.05, 3.63) is 121 Å². The largest absolute Gasteiger partial charge is 0.344 e. The van der Waals surface area contributed by atoms with Gasteiger partial charge in [-0.3, -0.25) is 0 Å². The van der Waals surface area contributed by atoms with Gasteiger partial charge in [-0.15, -0.1) is 0 Å². The zero-order valence-corrected chi connectivity index (χ0v) is 16.4. The van der Waals surface area contributed by atoms with Gasteiger partial charge in [-0.2, -0.15) is 5.10 Å². The van der Waals surface area contributed by atoms with E-state index < -0.39 is 0 Å². The molecule has 0 bridgehead atoms. The molecule has 0 aliphatic carbocycles. The summed E-state index contributed by atoms with van der Waals surface area (Å²) in [4.78, 5) is 2.18. The second-order valence-electron chi connectivity index (χ2n) is 6.68. The van der Waals surface area contributed by atoms with Gasteiger partial charge in [0.15, 0.2) is 0 Å². The van der Waals surface area contributed by atoms with Crippen LogP contribution in [0, 0.1) is 0 Å². The topological polar surface area (TPSA) is 18.8 Å². The van der Waals surface area contributed by atoms with Gasteiger partial charge in [0.2, 0.25) is 0 Å². The molecule has 3 heteroatoms. The van der Waals surface area contributed by atoms with Crippen LogP contribution < -0.4 is 9.91 Å². The molecule has 0 atom stereocenters. The predicted molar refractivity (Wildman–Crippen MR) is 124 cm³/mol. The standard InChI is InChI=1S/C26H23N3/c1-28(23-14-5-2-6-15-23)26-20-12-11-13-22(26)21-27-29(24-16-7-3-8-17-24)25-18-9-4-10-19-25/h2-21H,1H3. The second-order valence-corrected chi connectivity index (χ2v) is 6.68. The number of hydrogen-bond acceptors (Lipinski definition) is 3. The lowest BCUT2D eigenvalue weighted by Crippen LogP contribution is -2.13. The molecule has 4 aromatic rings. The summed E-state index contributed by atoms with van der Waals surface area (Å²) in [7, 11) is 2.08. The van der Waals surface area contributed by atoms with Crippen molar-refractivity contribution in [2.75, 3.05) is 17.0 Å². The van der Waals surface area contributed by atoms with Gasteiger partial charge in [0, 0.05) is 24.0 Å². The predicted octanol–water partition coefficient (Wildman–Crippen LogP) is 6.63. The minimum atomic E-state index is 1.02. The third-order valence-corrected chi connectivity index (χ3v) is 4.76. The first-order chi connectivity index (χ1) is 14.3. The number of benzene rings is 4. The van der Waals surface area contributed by atoms with Crippen molar-refractivity contribution in [2.24, 2.45) is 5.10 Å². The van der Waals surface area contributed by atoms with Crippen LogP contribution in [0.2, 0.25) is 0 Å². The molecule has 0 saturated heterocycles. The highest BCUT2D eigenvalue weighted by molar-refractivity contribution is 5.90. The molecule has 0 aromatic heterocycles. The Hall–Kier alpha value is -3.85. The summed E-state index contributed by atoms with van der Waals surface area (Å²) in [6.07, 6.45) is 1.93. The molecule has 0 fully saturated rings. The van der Waals surface area contributed by atoms with Crippen molar-refractivity contribution in [3.63, 3.8) is 0 Å². The lowest BCUT2D eigenvalue weighted by Gasteiger charge is -2.22. The molecule has 0 saturated carbocycles. The van der Waals surface area contributed by atoms with Gasteiger partial charge in [-0.05, 0) is 42.5 Å². The second kappa shape index (κ2) is 8.89. The summed E-state index contributed by atoms with van der Waals surface area (Å²) >= 11 is 0. The van der Waals surface area contributed by atoms with Gasteiger partial charge in [0.1, 0.15) is 0 Å². The summed E-state index contributed by atoms with van der Waals surface area (Å²) in [6.45, 7) is 0. The molecule has 0 aliphatic heterocycles. The third-order valence-electron chi connectivity index (χ3n) is 4.76. The molecule has 3 nitrogen and oxygen atoms in total. The fourth-order valence-corrected chi connectivity index (χ4v) is 3.23. The van der Waals surface area contributed by atoms with Gasteiger partial charge in [0.25, 0.3) is 0 Å². The van der Waals surface area contributed by atoms with Crippen molar-refractivity contribution in [2.45, 2.75) is 0 Å². The molecule has 0 N–H and O–H groups in total. The summed E-state index contributed by atoms with van der Waals surface area (Å²) in [5.74, 6) is 0. The normalized spacial score (nSPS) is 10.8. The van der Waals surface area contributed by atoms with E-state index in [1.807, 2.05) is 59.8 Å². The van der Waals surface area contributed by atoms with E-state index in [0.29, 0.717) is 0 Å². The molecule has 0 heterocycles. The minimum absolute atomic E-state index is 1.02. The Morgan fingerprint density at radius 1 is 0.552 bits per heavy atom. The highest BCUT2D eigenvalue weighted by atomic mass is 15.5. The van der Waals surface area contributed by atoms with Crippen molar-refractivity contribution < 1.29 is 0 Å². The molecule has 0 aliphatic rings. The third kappa shape index (κ3) is 4.36. The smallest absolute Gasteiger partial charge is 0.0652 e. The summed E-state index contributed by atoms with van der Waals surface area (Å²) in [5, 5.41) is 6.81. The van der Waals surface area contributed by atoms with Gasteiger partial charge >= 0.3 is 0 Å². The van der Waals surface area contributed by atoms with E-state index in [4.69, 9.17) is 5.10 Å². The number of para-hydroxylation sites is 4. The molecule has 29 heavy (non-hydrogen) atoms. The maximum absolute atomic E-state index is 4.85. The fourth-order valence-electron chi connectivity index (χ4n) is 3.23. The van der Waals surface area contributed by atoms with Crippen LogP contribution >= 0.6 is 0 Å². The molecule has 0 radical (unpaired) electrons. The summed E-state index contributed by atoms with van der Waals surface area (Å²) in [5.41, 5.74) is 5.32. The molecule has 0 spiro atoms. The first-order valence-corrected chi connectivity index (χ1v) is 9.65. The monoisotopic (exact) mass is 377 g/mol. The molecular formula is C26H23N3. The van der Waals surface area contributed by atoms with E-state index in [1.54, 1.807) is 0 Å². The lowest BCUT2D eigenvalue weighted by atomic mass is 10.1. The Morgan fingerprint density at radius 2 is 1.00 bits per heavy atom. The zero-order valence-electron chi connectivity index (χ0n) is 16.4. The van der Waals surface area contributed by atoms with Crippen molar-refractivity contribution >= 4 is 29.0 Å². The van der Waals surface area contributed by atoms with Crippen LogP contribution in [-0.2, 0) is 0 Å². The quantitative estimate of drug-likeness (QED) is 0.277. The molecule has 0 unspecified atom stereocenters. The highest BCUT2D eigenvalue weighted by Crippen LogP contribution is 2.28. The van der Waals surface area contributed by atoms with Crippen LogP contribution in [-0.4, -0.2) is 13.3 Å². The maximum Gasteiger partial charge on any atom is 0.0652 e. The van der Waals surface area contributed by atoms with E-state index in [2.05, 4.69) is 78.7 Å². The Bertz CT molecular complexity index is 1020. The Labute approximate surface area is 172 Å². The van der Waals surface area contributed by atoms with Gasteiger partial charge in [-0.25, -0.2) is 5.01 Å². The summed E-state index contributed by atoms with van der Waals surface area (Å²) in [6, 6.07) is 39.0. The van der Waals surface area contributed by atoms with Gasteiger partial charge in [0.05, 0.1) is 17.6 Å². The van der Waals surface area contributed by atoms with E-state index in [1.165, 1.54) is 0 Å². The van der Waals surface area contributed by atoms with Crippen molar-refractivity contribution in [3.8, 4) is 0 Å². The van der Waals surface area contributed by atoms with Crippen LogP contribution in [0.25, 0.3) is 0 Å². The zero-order chi connectivity index (χ0) is 19.9. The summed E-state index contributed by atoms with van der Waals surface area (Å²) < 4.78 is 0. The molecule has 4 rings (SSSR count). The van der Waals surface area contributed by atoms with Crippen LogP contribution in [0.3, 0.4) is 0 Å². The van der Waals surface area contributed by atoms with Crippen molar-refractivity contribution in [1.29, 1.82) is 0 Å². The van der Waals surface area contributed by atoms with Gasteiger partial charge < -0.3 is 4.90 Å². The van der Waals surface area contributed by atoms with E-state index in [9.17, 15) is 0 Å². The molecule has 142 valence electrons. The van der Waals surface area contributed by atoms with Gasteiger partial charge in [-0.1, -0.05) is 72.8 Å². The van der Waals surface area contributed by atoms with E-state index >= 15 is 0 Å². The van der Waals surface area contributed by atoms with Crippen LogP contribution in [0.1, 0.15) is 5.56 Å². The number of rotatable bonds is 6. The number of nitrogens with zero attached hydrogens (tertiary/aromatic N) is 3.